The van der Waals surface area contributed by atoms with Crippen LogP contribution in [0.25, 0.3) is 10.8 Å². The van der Waals surface area contributed by atoms with Crippen LogP contribution in [0.2, 0.25) is 0 Å². The number of fused-ring (bicyclic) bond motifs is 1. The maximum atomic E-state index is 12.6. The van der Waals surface area contributed by atoms with E-state index in [0.717, 1.165) is 42.3 Å². The Morgan fingerprint density at radius 3 is 2.48 bits per heavy atom. The third kappa shape index (κ3) is 2.93. The Morgan fingerprint density at radius 1 is 1.14 bits per heavy atom. The molecule has 2 aromatic carbocycles. The first-order valence-corrected chi connectivity index (χ1v) is 7.61. The number of nitrogens with zero attached hydrogens (tertiary/aromatic N) is 1. The average Bonchev–Trinajstić information content (AvgIpc) is 2.54. The average molecular weight is 283 g/mol. The zero-order valence-corrected chi connectivity index (χ0v) is 12.3. The summed E-state index contributed by atoms with van der Waals surface area (Å²) in [5.74, 6) is 0.426. The number of benzene rings is 2. The van der Waals surface area contributed by atoms with Gasteiger partial charge in [0.1, 0.15) is 0 Å². The topological polar surface area (TPSA) is 40.5 Å². The second-order valence-corrected chi connectivity index (χ2v) is 5.93. The van der Waals surface area contributed by atoms with Crippen molar-refractivity contribution in [3.05, 3.63) is 48.0 Å². The fraction of sp³-hybridized carbons (Fsp3) is 0.389. The molecule has 2 aromatic rings. The molecule has 1 atom stereocenters. The fourth-order valence-electron chi connectivity index (χ4n) is 3.09. The highest BCUT2D eigenvalue weighted by atomic mass is 16.3. The van der Waals surface area contributed by atoms with Crippen LogP contribution in [0, 0.1) is 5.92 Å². The molecule has 0 bridgehead atoms. The number of piperidine rings is 1. The van der Waals surface area contributed by atoms with Gasteiger partial charge in [0.05, 0.1) is 6.10 Å². The monoisotopic (exact) mass is 283 g/mol. The van der Waals surface area contributed by atoms with Gasteiger partial charge in [-0.3, -0.25) is 4.79 Å². The zero-order valence-electron chi connectivity index (χ0n) is 12.3. The molecule has 3 nitrogen and oxygen atoms in total. The van der Waals surface area contributed by atoms with Crippen molar-refractivity contribution >= 4 is 16.7 Å². The van der Waals surface area contributed by atoms with E-state index in [2.05, 4.69) is 6.07 Å². The first kappa shape index (κ1) is 14.1. The van der Waals surface area contributed by atoms with E-state index in [0.29, 0.717) is 5.92 Å². The SMILES string of the molecule is CC(O)C1CCN(C(=O)c2ccc3ccccc3c2)CC1. The van der Waals surface area contributed by atoms with Gasteiger partial charge in [-0.25, -0.2) is 0 Å². The molecule has 1 fully saturated rings. The Bertz CT molecular complexity index is 642. The van der Waals surface area contributed by atoms with Crippen LogP contribution in [0.4, 0.5) is 0 Å². The molecule has 0 saturated carbocycles. The van der Waals surface area contributed by atoms with E-state index in [9.17, 15) is 9.90 Å². The van der Waals surface area contributed by atoms with E-state index in [4.69, 9.17) is 0 Å². The number of likely N-dealkylation sites (tertiary alicyclic amines) is 1. The first-order valence-electron chi connectivity index (χ1n) is 7.61. The largest absolute Gasteiger partial charge is 0.393 e. The van der Waals surface area contributed by atoms with Crippen LogP contribution in [0.5, 0.6) is 0 Å². The molecule has 3 heteroatoms. The molecule has 3 rings (SSSR count). The molecule has 1 N–H and O–H groups in total. The normalized spacial score (nSPS) is 17.9. The van der Waals surface area contributed by atoms with Gasteiger partial charge in [0.15, 0.2) is 0 Å². The summed E-state index contributed by atoms with van der Waals surface area (Å²) < 4.78 is 0. The quantitative estimate of drug-likeness (QED) is 0.920. The minimum absolute atomic E-state index is 0.102. The van der Waals surface area contributed by atoms with Crippen LogP contribution in [-0.2, 0) is 0 Å². The number of rotatable bonds is 2. The lowest BCUT2D eigenvalue weighted by Gasteiger charge is -2.33. The number of hydrogen-bond acceptors (Lipinski definition) is 2. The second-order valence-electron chi connectivity index (χ2n) is 5.93. The second kappa shape index (κ2) is 5.86. The molecule has 21 heavy (non-hydrogen) atoms. The van der Waals surface area contributed by atoms with Crippen molar-refractivity contribution < 1.29 is 9.90 Å². The molecule has 0 aliphatic carbocycles. The van der Waals surface area contributed by atoms with E-state index in [1.165, 1.54) is 0 Å². The molecule has 1 unspecified atom stereocenters. The summed E-state index contributed by atoms with van der Waals surface area (Å²) in [5, 5.41) is 11.9. The lowest BCUT2D eigenvalue weighted by Crippen LogP contribution is -2.40. The van der Waals surface area contributed by atoms with Gasteiger partial charge in [0.25, 0.3) is 5.91 Å². The van der Waals surface area contributed by atoms with Crippen molar-refractivity contribution in [1.29, 1.82) is 0 Å². The van der Waals surface area contributed by atoms with Crippen LogP contribution < -0.4 is 0 Å². The smallest absolute Gasteiger partial charge is 0.253 e. The van der Waals surface area contributed by atoms with E-state index in [1.807, 2.05) is 48.2 Å². The molecule has 0 spiro atoms. The van der Waals surface area contributed by atoms with Crippen molar-refractivity contribution in [3.8, 4) is 0 Å². The summed E-state index contributed by atoms with van der Waals surface area (Å²) in [4.78, 5) is 14.5. The van der Waals surface area contributed by atoms with E-state index in [-0.39, 0.29) is 12.0 Å². The Morgan fingerprint density at radius 2 is 1.81 bits per heavy atom. The maximum absolute atomic E-state index is 12.6. The number of aliphatic hydroxyl groups is 1. The molecule has 1 amide bonds. The first-order chi connectivity index (χ1) is 10.1. The van der Waals surface area contributed by atoms with Crippen LogP contribution in [0.3, 0.4) is 0 Å². The molecule has 110 valence electrons. The predicted molar refractivity (Wildman–Crippen MR) is 84.3 cm³/mol. The Labute approximate surface area is 125 Å². The molecule has 1 aliphatic rings. The minimum atomic E-state index is -0.275. The van der Waals surface area contributed by atoms with Crippen molar-refractivity contribution in [2.75, 3.05) is 13.1 Å². The van der Waals surface area contributed by atoms with Crippen molar-refractivity contribution in [1.82, 2.24) is 4.90 Å². The molecule has 1 saturated heterocycles. The van der Waals surface area contributed by atoms with E-state index < -0.39 is 0 Å². The van der Waals surface area contributed by atoms with Gasteiger partial charge in [-0.2, -0.15) is 0 Å². The van der Waals surface area contributed by atoms with Gasteiger partial charge < -0.3 is 10.0 Å². The van der Waals surface area contributed by atoms with Gasteiger partial charge in [-0.05, 0) is 48.6 Å². The third-order valence-electron chi connectivity index (χ3n) is 4.51. The lowest BCUT2D eigenvalue weighted by molar-refractivity contribution is 0.0521. The van der Waals surface area contributed by atoms with Crippen molar-refractivity contribution in [2.45, 2.75) is 25.9 Å². The highest BCUT2D eigenvalue weighted by Gasteiger charge is 2.25. The van der Waals surface area contributed by atoms with Gasteiger partial charge in [-0.15, -0.1) is 0 Å². The van der Waals surface area contributed by atoms with Crippen LogP contribution in [-0.4, -0.2) is 35.1 Å². The van der Waals surface area contributed by atoms with Crippen molar-refractivity contribution in [3.63, 3.8) is 0 Å². The molecular formula is C18H21NO2. The summed E-state index contributed by atoms with van der Waals surface area (Å²) in [5.41, 5.74) is 0.754. The summed E-state index contributed by atoms with van der Waals surface area (Å²) >= 11 is 0. The fourth-order valence-corrected chi connectivity index (χ4v) is 3.09. The molecule has 1 aliphatic heterocycles. The van der Waals surface area contributed by atoms with E-state index >= 15 is 0 Å². The minimum Gasteiger partial charge on any atom is -0.393 e. The Balaban J connectivity index is 1.75. The van der Waals surface area contributed by atoms with Crippen LogP contribution in [0.15, 0.2) is 42.5 Å². The van der Waals surface area contributed by atoms with Crippen LogP contribution >= 0.6 is 0 Å². The predicted octanol–water partition coefficient (Wildman–Crippen LogP) is 3.07. The standard InChI is InChI=1S/C18H21NO2/c1-13(20)14-8-10-19(11-9-14)18(21)17-7-6-15-4-2-3-5-16(15)12-17/h2-7,12-14,20H,8-11H2,1H3. The summed E-state index contributed by atoms with van der Waals surface area (Å²) in [6, 6.07) is 14.0. The lowest BCUT2D eigenvalue weighted by atomic mass is 9.92. The highest BCUT2D eigenvalue weighted by molar-refractivity contribution is 5.98. The molecule has 0 aromatic heterocycles. The van der Waals surface area contributed by atoms with Crippen molar-refractivity contribution in [2.24, 2.45) is 5.92 Å². The Hall–Kier alpha value is -1.87. The molecule has 1 heterocycles. The maximum Gasteiger partial charge on any atom is 0.253 e. The number of aliphatic hydroxyl groups excluding tert-OH is 1. The summed E-state index contributed by atoms with van der Waals surface area (Å²) in [6.45, 7) is 3.31. The zero-order chi connectivity index (χ0) is 14.8. The Kier molecular flexibility index (Phi) is 3.93. The third-order valence-corrected chi connectivity index (χ3v) is 4.51. The number of hydrogen-bond donors (Lipinski definition) is 1. The van der Waals surface area contributed by atoms with Gasteiger partial charge in [0, 0.05) is 18.7 Å². The van der Waals surface area contributed by atoms with Crippen LogP contribution in [0.1, 0.15) is 30.1 Å². The number of carbonyl (C=O) groups is 1. The van der Waals surface area contributed by atoms with Gasteiger partial charge in [-0.1, -0.05) is 30.3 Å². The summed E-state index contributed by atoms with van der Waals surface area (Å²) in [7, 11) is 0. The molecular weight excluding hydrogens is 262 g/mol. The van der Waals surface area contributed by atoms with Gasteiger partial charge >= 0.3 is 0 Å². The molecule has 0 radical (unpaired) electrons. The summed E-state index contributed by atoms with van der Waals surface area (Å²) in [6.07, 6.45) is 1.50. The highest BCUT2D eigenvalue weighted by Crippen LogP contribution is 2.23. The number of carbonyl (C=O) groups excluding carboxylic acids is 1. The van der Waals surface area contributed by atoms with E-state index in [1.54, 1.807) is 0 Å². The van der Waals surface area contributed by atoms with Gasteiger partial charge in [0.2, 0.25) is 0 Å². The number of amides is 1.